The van der Waals surface area contributed by atoms with E-state index < -0.39 is 16.7 Å². The minimum Gasteiger partial charge on any atom is -0.369 e. The van der Waals surface area contributed by atoms with Crippen molar-refractivity contribution < 1.29 is 22.9 Å². The third kappa shape index (κ3) is 6.46. The summed E-state index contributed by atoms with van der Waals surface area (Å²) in [5.41, 5.74) is 0.271. The van der Waals surface area contributed by atoms with Crippen LogP contribution in [-0.4, -0.2) is 55.0 Å². The van der Waals surface area contributed by atoms with Gasteiger partial charge in [0.05, 0.1) is 23.6 Å². The Balaban J connectivity index is 1.43. The van der Waals surface area contributed by atoms with Gasteiger partial charge in [0.25, 0.3) is 5.69 Å². The zero-order valence-corrected chi connectivity index (χ0v) is 17.1. The lowest BCUT2D eigenvalue weighted by Crippen LogP contribution is -2.49. The van der Waals surface area contributed by atoms with Crippen molar-refractivity contribution in [3.05, 3.63) is 69.8 Å². The number of carbonyl (C=O) groups excluding carboxylic acids is 1. The number of non-ortho nitro benzene ring substituents is 1. The van der Waals surface area contributed by atoms with Gasteiger partial charge in [-0.2, -0.15) is 13.2 Å². The second-order valence-corrected chi connectivity index (χ2v) is 7.20. The molecule has 1 N–H and O–H groups in total. The molecular weight excluding hydrogens is 425 g/mol. The number of hydrogen-bond acceptors (Lipinski definition) is 5. The Kier molecular flexibility index (Phi) is 7.33. The molecule has 1 heterocycles. The smallest absolute Gasteiger partial charge is 0.369 e. The molecule has 0 radical (unpaired) electrons. The maximum absolute atomic E-state index is 12.7. The van der Waals surface area contributed by atoms with Crippen molar-refractivity contribution in [1.29, 1.82) is 0 Å². The number of benzene rings is 2. The summed E-state index contributed by atoms with van der Waals surface area (Å²) in [6, 6.07) is 11.2. The standard InChI is InChI=1S/C22H21F3N4O3/c23-22(24,25)18-6-1-4-17(14-18)5-3-9-26-21(30)16-27-10-12-28(13-11-27)19-7-2-8-20(15-19)29(31)32/h1-2,4,6-8,14-15H,9-13,16H2,(H,26,30). The second-order valence-electron chi connectivity index (χ2n) is 7.20. The monoisotopic (exact) mass is 446 g/mol. The van der Waals surface area contributed by atoms with Crippen molar-refractivity contribution in [3.63, 3.8) is 0 Å². The molecule has 0 aliphatic carbocycles. The summed E-state index contributed by atoms with van der Waals surface area (Å²) in [5.74, 6) is 5.05. The van der Waals surface area contributed by atoms with E-state index in [4.69, 9.17) is 0 Å². The molecule has 1 fully saturated rings. The normalized spacial score (nSPS) is 14.4. The van der Waals surface area contributed by atoms with Crippen LogP contribution < -0.4 is 10.2 Å². The fourth-order valence-electron chi connectivity index (χ4n) is 3.29. The van der Waals surface area contributed by atoms with Crippen LogP contribution in [0.2, 0.25) is 0 Å². The molecule has 1 aliphatic heterocycles. The second kappa shape index (κ2) is 10.2. The van der Waals surface area contributed by atoms with Crippen LogP contribution in [0.5, 0.6) is 0 Å². The van der Waals surface area contributed by atoms with Crippen molar-refractivity contribution in [2.45, 2.75) is 6.18 Å². The van der Waals surface area contributed by atoms with Crippen molar-refractivity contribution in [1.82, 2.24) is 10.2 Å². The minimum absolute atomic E-state index is 0.0305. The molecule has 0 saturated carbocycles. The molecule has 2 aromatic rings. The van der Waals surface area contributed by atoms with Crippen molar-refractivity contribution in [2.75, 3.05) is 44.2 Å². The highest BCUT2D eigenvalue weighted by atomic mass is 19.4. The quantitative estimate of drug-likeness (QED) is 0.434. The van der Waals surface area contributed by atoms with Crippen LogP contribution in [0.3, 0.4) is 0 Å². The molecule has 3 rings (SSSR count). The van der Waals surface area contributed by atoms with Gasteiger partial charge in [0, 0.05) is 49.6 Å². The van der Waals surface area contributed by atoms with Crippen molar-refractivity contribution >= 4 is 17.3 Å². The molecule has 1 saturated heterocycles. The highest BCUT2D eigenvalue weighted by Crippen LogP contribution is 2.29. The van der Waals surface area contributed by atoms with Gasteiger partial charge in [-0.1, -0.05) is 24.0 Å². The summed E-state index contributed by atoms with van der Waals surface area (Å²) < 4.78 is 38.1. The Morgan fingerprint density at radius 1 is 1.09 bits per heavy atom. The van der Waals surface area contributed by atoms with E-state index >= 15 is 0 Å². The molecule has 0 aromatic heterocycles. The Labute approximate surface area is 183 Å². The fraction of sp³-hybridized carbons (Fsp3) is 0.318. The van der Waals surface area contributed by atoms with Crippen molar-refractivity contribution in [3.8, 4) is 11.8 Å². The van der Waals surface area contributed by atoms with Crippen LogP contribution in [0.4, 0.5) is 24.5 Å². The van der Waals surface area contributed by atoms with Gasteiger partial charge in [-0.3, -0.25) is 19.8 Å². The van der Waals surface area contributed by atoms with E-state index in [-0.39, 0.29) is 30.2 Å². The van der Waals surface area contributed by atoms with Gasteiger partial charge < -0.3 is 10.2 Å². The third-order valence-electron chi connectivity index (χ3n) is 4.94. The molecule has 0 unspecified atom stereocenters. The number of piperazine rings is 1. The first-order chi connectivity index (χ1) is 15.2. The van der Waals surface area contributed by atoms with Crippen LogP contribution >= 0.6 is 0 Å². The molecule has 10 heteroatoms. The molecule has 0 spiro atoms. The van der Waals surface area contributed by atoms with Gasteiger partial charge >= 0.3 is 6.18 Å². The maximum atomic E-state index is 12.7. The topological polar surface area (TPSA) is 78.7 Å². The largest absolute Gasteiger partial charge is 0.416 e. The number of halogens is 3. The Morgan fingerprint density at radius 2 is 1.81 bits per heavy atom. The molecule has 0 atom stereocenters. The lowest BCUT2D eigenvalue weighted by Gasteiger charge is -2.35. The average molecular weight is 446 g/mol. The van der Waals surface area contributed by atoms with E-state index in [2.05, 4.69) is 17.2 Å². The Morgan fingerprint density at radius 3 is 2.50 bits per heavy atom. The highest BCUT2D eigenvalue weighted by Gasteiger charge is 2.30. The van der Waals surface area contributed by atoms with E-state index in [0.717, 1.165) is 17.8 Å². The molecule has 2 aromatic carbocycles. The van der Waals surface area contributed by atoms with Gasteiger partial charge in [-0.15, -0.1) is 0 Å². The highest BCUT2D eigenvalue weighted by molar-refractivity contribution is 5.78. The lowest BCUT2D eigenvalue weighted by atomic mass is 10.1. The SMILES string of the molecule is O=C(CN1CCN(c2cccc([N+](=O)[O-])c2)CC1)NCC#Cc1cccc(C(F)(F)F)c1. The first kappa shape index (κ1) is 23.1. The fourth-order valence-corrected chi connectivity index (χ4v) is 3.29. The van der Waals surface area contributed by atoms with Gasteiger partial charge in [0.1, 0.15) is 0 Å². The summed E-state index contributed by atoms with van der Waals surface area (Å²) in [7, 11) is 0. The number of nitro groups is 1. The average Bonchev–Trinajstić information content (AvgIpc) is 2.77. The van der Waals surface area contributed by atoms with E-state index in [9.17, 15) is 28.1 Å². The summed E-state index contributed by atoms with van der Waals surface area (Å²) >= 11 is 0. The predicted octanol–water partition coefficient (Wildman–Crippen LogP) is 2.90. The zero-order valence-electron chi connectivity index (χ0n) is 17.1. The van der Waals surface area contributed by atoms with E-state index in [1.165, 1.54) is 24.3 Å². The Hall–Kier alpha value is -3.58. The molecule has 1 aliphatic rings. The van der Waals surface area contributed by atoms with Gasteiger partial charge in [0.15, 0.2) is 0 Å². The van der Waals surface area contributed by atoms with E-state index in [1.807, 2.05) is 15.9 Å². The first-order valence-corrected chi connectivity index (χ1v) is 9.87. The van der Waals surface area contributed by atoms with Gasteiger partial charge in [-0.05, 0) is 24.3 Å². The number of alkyl halides is 3. The molecule has 32 heavy (non-hydrogen) atoms. The number of nitro benzene ring substituents is 1. The molecular formula is C22H21F3N4O3. The number of rotatable bonds is 5. The summed E-state index contributed by atoms with van der Waals surface area (Å²) in [4.78, 5) is 26.6. The van der Waals surface area contributed by atoms with Crippen LogP contribution in [0.15, 0.2) is 48.5 Å². The molecule has 168 valence electrons. The zero-order chi connectivity index (χ0) is 23.1. The minimum atomic E-state index is -4.43. The van der Waals surface area contributed by atoms with Crippen molar-refractivity contribution in [2.24, 2.45) is 0 Å². The third-order valence-corrected chi connectivity index (χ3v) is 4.94. The number of hydrogen-bond donors (Lipinski definition) is 1. The lowest BCUT2D eigenvalue weighted by molar-refractivity contribution is -0.384. The predicted molar refractivity (Wildman–Crippen MR) is 113 cm³/mol. The van der Waals surface area contributed by atoms with Gasteiger partial charge in [-0.25, -0.2) is 0 Å². The van der Waals surface area contributed by atoms with Crippen LogP contribution in [-0.2, 0) is 11.0 Å². The van der Waals surface area contributed by atoms with E-state index in [0.29, 0.717) is 26.2 Å². The summed E-state index contributed by atoms with van der Waals surface area (Å²) in [5, 5.41) is 13.6. The van der Waals surface area contributed by atoms with Crippen LogP contribution in [0, 0.1) is 22.0 Å². The number of carbonyl (C=O) groups is 1. The van der Waals surface area contributed by atoms with Crippen LogP contribution in [0.1, 0.15) is 11.1 Å². The Bertz CT molecular complexity index is 1040. The summed E-state index contributed by atoms with van der Waals surface area (Å²) in [6.07, 6.45) is -4.43. The van der Waals surface area contributed by atoms with Gasteiger partial charge in [0.2, 0.25) is 5.91 Å². The number of amides is 1. The number of nitrogens with zero attached hydrogens (tertiary/aromatic N) is 3. The first-order valence-electron chi connectivity index (χ1n) is 9.87. The molecule has 0 bridgehead atoms. The summed E-state index contributed by atoms with van der Waals surface area (Å²) in [6.45, 7) is 2.70. The molecule has 7 nitrogen and oxygen atoms in total. The van der Waals surface area contributed by atoms with Crippen LogP contribution in [0.25, 0.3) is 0 Å². The maximum Gasteiger partial charge on any atom is 0.416 e. The van der Waals surface area contributed by atoms with E-state index in [1.54, 1.807) is 6.07 Å². The number of nitrogens with one attached hydrogen (secondary N) is 1. The number of anilines is 1. The molecule has 1 amide bonds.